The largest absolute Gasteiger partial charge is 0.375 e. The lowest BCUT2D eigenvalue weighted by Gasteiger charge is -2.08. The van der Waals surface area contributed by atoms with Crippen molar-refractivity contribution in [1.82, 2.24) is 10.6 Å². The predicted octanol–water partition coefficient (Wildman–Crippen LogP) is 1.78. The fraction of sp³-hybridized carbons (Fsp3) is 0.273. The van der Waals surface area contributed by atoms with Gasteiger partial charge in [-0.2, -0.15) is 0 Å². The van der Waals surface area contributed by atoms with E-state index in [0.29, 0.717) is 0 Å². The molecule has 0 saturated heterocycles. The van der Waals surface area contributed by atoms with E-state index >= 15 is 0 Å². The zero-order valence-electron chi connectivity index (χ0n) is 8.22. The quantitative estimate of drug-likeness (QED) is 0.730. The normalized spacial score (nSPS) is 9.38. The van der Waals surface area contributed by atoms with E-state index in [1.165, 1.54) is 11.1 Å². The lowest BCUT2D eigenvalue weighted by Crippen LogP contribution is -2.21. The van der Waals surface area contributed by atoms with Crippen LogP contribution in [0.2, 0.25) is 0 Å². The Bertz CT molecular complexity index is 275. The highest BCUT2D eigenvalue weighted by molar-refractivity contribution is 5.21. The topological polar surface area (TPSA) is 24.1 Å². The first-order valence-electron chi connectivity index (χ1n) is 4.38. The number of hydrogen-bond acceptors (Lipinski definition) is 2. The van der Waals surface area contributed by atoms with E-state index in [9.17, 15) is 0 Å². The van der Waals surface area contributed by atoms with Crippen molar-refractivity contribution in [3.8, 4) is 0 Å². The molecule has 0 aliphatic carbocycles. The summed E-state index contributed by atoms with van der Waals surface area (Å²) in [5.74, 6) is 0.848. The van der Waals surface area contributed by atoms with Crippen LogP contribution in [-0.2, 0) is 6.54 Å². The first kappa shape index (κ1) is 9.65. The van der Waals surface area contributed by atoms with Crippen LogP contribution in [0.4, 0.5) is 0 Å². The Morgan fingerprint density at radius 3 is 2.46 bits per heavy atom. The molecule has 2 heteroatoms. The minimum Gasteiger partial charge on any atom is -0.375 e. The van der Waals surface area contributed by atoms with Crippen molar-refractivity contribution < 1.29 is 0 Å². The van der Waals surface area contributed by atoms with Gasteiger partial charge in [0.05, 0.1) is 5.82 Å². The third-order valence-corrected chi connectivity index (χ3v) is 1.93. The molecule has 13 heavy (non-hydrogen) atoms. The average molecular weight is 176 g/mol. The van der Waals surface area contributed by atoms with Gasteiger partial charge in [0.15, 0.2) is 0 Å². The highest BCUT2D eigenvalue weighted by Gasteiger charge is 1.91. The molecular formula is C11H16N2. The molecule has 0 amide bonds. The van der Waals surface area contributed by atoms with Gasteiger partial charge in [0, 0.05) is 13.6 Å². The van der Waals surface area contributed by atoms with Crippen LogP contribution in [0.25, 0.3) is 0 Å². The maximum atomic E-state index is 3.78. The Kier molecular flexibility index (Phi) is 3.38. The number of benzene rings is 1. The summed E-state index contributed by atoms with van der Waals surface area (Å²) >= 11 is 0. The third-order valence-electron chi connectivity index (χ3n) is 1.93. The summed E-state index contributed by atoms with van der Waals surface area (Å²) < 4.78 is 0. The molecule has 0 bridgehead atoms. The monoisotopic (exact) mass is 176 g/mol. The van der Waals surface area contributed by atoms with Crippen molar-refractivity contribution in [2.45, 2.75) is 13.5 Å². The molecule has 1 rings (SSSR count). The van der Waals surface area contributed by atoms with Crippen LogP contribution in [0.15, 0.2) is 36.7 Å². The molecule has 0 unspecified atom stereocenters. The van der Waals surface area contributed by atoms with Gasteiger partial charge in [0.2, 0.25) is 0 Å². The van der Waals surface area contributed by atoms with Gasteiger partial charge in [-0.15, -0.1) is 0 Å². The zero-order chi connectivity index (χ0) is 9.68. The molecular weight excluding hydrogens is 160 g/mol. The summed E-state index contributed by atoms with van der Waals surface area (Å²) in [5.41, 5.74) is 2.55. The SMILES string of the molecule is C=C(NC)NCc1ccc(C)cc1. The minimum atomic E-state index is 0.819. The van der Waals surface area contributed by atoms with Gasteiger partial charge in [0.1, 0.15) is 0 Å². The number of rotatable bonds is 4. The summed E-state index contributed by atoms with van der Waals surface area (Å²) in [4.78, 5) is 0. The highest BCUT2D eigenvalue weighted by atomic mass is 15.1. The predicted molar refractivity (Wildman–Crippen MR) is 56.2 cm³/mol. The Hall–Kier alpha value is -1.44. The maximum Gasteiger partial charge on any atom is 0.0912 e. The molecule has 2 N–H and O–H groups in total. The summed E-state index contributed by atoms with van der Waals surface area (Å²) in [5, 5.41) is 6.10. The first-order chi connectivity index (χ1) is 6.22. The van der Waals surface area contributed by atoms with E-state index in [2.05, 4.69) is 48.4 Å². The van der Waals surface area contributed by atoms with Crippen LogP contribution in [0.3, 0.4) is 0 Å². The van der Waals surface area contributed by atoms with E-state index in [1.54, 1.807) is 0 Å². The second kappa shape index (κ2) is 4.55. The molecule has 2 nitrogen and oxygen atoms in total. The molecule has 1 aromatic carbocycles. The Labute approximate surface area is 79.7 Å². The summed E-state index contributed by atoms with van der Waals surface area (Å²) in [7, 11) is 1.85. The van der Waals surface area contributed by atoms with Crippen LogP contribution >= 0.6 is 0 Å². The van der Waals surface area contributed by atoms with Crippen molar-refractivity contribution in [2.75, 3.05) is 7.05 Å². The van der Waals surface area contributed by atoms with Gasteiger partial charge in [-0.3, -0.25) is 0 Å². The fourth-order valence-corrected chi connectivity index (χ4v) is 1.00. The highest BCUT2D eigenvalue weighted by Crippen LogP contribution is 2.02. The van der Waals surface area contributed by atoms with Gasteiger partial charge in [-0.25, -0.2) is 0 Å². The Morgan fingerprint density at radius 2 is 1.92 bits per heavy atom. The molecule has 70 valence electrons. The van der Waals surface area contributed by atoms with Crippen LogP contribution in [0.1, 0.15) is 11.1 Å². The van der Waals surface area contributed by atoms with Crippen LogP contribution in [0.5, 0.6) is 0 Å². The standard InChI is InChI=1S/C11H16N2/c1-9-4-6-11(7-5-9)8-13-10(2)12-3/h4-7,12-13H,2,8H2,1,3H3. The maximum absolute atomic E-state index is 3.78. The lowest BCUT2D eigenvalue weighted by molar-refractivity contribution is 0.742. The van der Waals surface area contributed by atoms with Crippen LogP contribution in [-0.4, -0.2) is 7.05 Å². The lowest BCUT2D eigenvalue weighted by atomic mass is 10.1. The first-order valence-corrected chi connectivity index (χ1v) is 4.38. The Morgan fingerprint density at radius 1 is 1.31 bits per heavy atom. The molecule has 0 atom stereocenters. The van der Waals surface area contributed by atoms with Crippen LogP contribution < -0.4 is 10.6 Å². The molecule has 0 aromatic heterocycles. The van der Waals surface area contributed by atoms with E-state index in [-0.39, 0.29) is 0 Å². The van der Waals surface area contributed by atoms with E-state index in [4.69, 9.17) is 0 Å². The number of nitrogens with one attached hydrogen (secondary N) is 2. The molecule has 0 radical (unpaired) electrons. The number of hydrogen-bond donors (Lipinski definition) is 2. The number of aryl methyl sites for hydroxylation is 1. The average Bonchev–Trinajstić information content (AvgIpc) is 2.16. The van der Waals surface area contributed by atoms with Crippen LogP contribution in [0, 0.1) is 6.92 Å². The third kappa shape index (κ3) is 3.20. The molecule has 1 aromatic rings. The molecule has 0 heterocycles. The van der Waals surface area contributed by atoms with Crippen molar-refractivity contribution in [3.63, 3.8) is 0 Å². The fourth-order valence-electron chi connectivity index (χ4n) is 1.00. The summed E-state index contributed by atoms with van der Waals surface area (Å²) in [6, 6.07) is 8.45. The summed E-state index contributed by atoms with van der Waals surface area (Å²) in [6.07, 6.45) is 0. The van der Waals surface area contributed by atoms with Crippen molar-refractivity contribution in [2.24, 2.45) is 0 Å². The van der Waals surface area contributed by atoms with Crippen molar-refractivity contribution >= 4 is 0 Å². The second-order valence-electron chi connectivity index (χ2n) is 3.07. The second-order valence-corrected chi connectivity index (χ2v) is 3.07. The van der Waals surface area contributed by atoms with E-state index < -0.39 is 0 Å². The van der Waals surface area contributed by atoms with Gasteiger partial charge in [0.25, 0.3) is 0 Å². The summed E-state index contributed by atoms with van der Waals surface area (Å²) in [6.45, 7) is 6.69. The van der Waals surface area contributed by atoms with Crippen molar-refractivity contribution in [1.29, 1.82) is 0 Å². The molecule has 0 fully saturated rings. The van der Waals surface area contributed by atoms with Gasteiger partial charge in [-0.05, 0) is 12.5 Å². The van der Waals surface area contributed by atoms with Gasteiger partial charge in [-0.1, -0.05) is 36.4 Å². The van der Waals surface area contributed by atoms with Gasteiger partial charge < -0.3 is 10.6 Å². The Balaban J connectivity index is 2.46. The molecule has 0 aliphatic rings. The minimum absolute atomic E-state index is 0.819. The molecule has 0 spiro atoms. The van der Waals surface area contributed by atoms with E-state index in [1.807, 2.05) is 7.05 Å². The molecule has 0 saturated carbocycles. The van der Waals surface area contributed by atoms with Gasteiger partial charge >= 0.3 is 0 Å². The zero-order valence-corrected chi connectivity index (χ0v) is 8.22. The van der Waals surface area contributed by atoms with Crippen molar-refractivity contribution in [3.05, 3.63) is 47.8 Å². The smallest absolute Gasteiger partial charge is 0.0912 e. The van der Waals surface area contributed by atoms with E-state index in [0.717, 1.165) is 12.4 Å². The molecule has 0 aliphatic heterocycles.